The number of nitrogens with zero attached hydrogens (tertiary/aromatic N) is 2. The number of fused-ring (bicyclic) bond motifs is 1. The molecule has 1 aliphatic carbocycles. The van der Waals surface area contributed by atoms with Crippen LogP contribution in [0.3, 0.4) is 0 Å². The van der Waals surface area contributed by atoms with Crippen molar-refractivity contribution in [1.29, 1.82) is 0 Å². The highest BCUT2D eigenvalue weighted by atomic mass is 35.5. The third-order valence-corrected chi connectivity index (χ3v) is 7.14. The standard InChI is InChI=1S/C22H21ClN4O3S2/c23-15-7-5-14(6-8-15)20(28)13-31-22-26-19-4-2-1-3-18(19)21(27-22)25-16-9-11-17(12-10-16)32(24,29)30/h5-12H,1-4,13H2,(H2,24,29,30)(H,25,26,27). The summed E-state index contributed by atoms with van der Waals surface area (Å²) in [6.07, 6.45) is 3.83. The second kappa shape index (κ2) is 9.58. The van der Waals surface area contributed by atoms with Gasteiger partial charge < -0.3 is 5.32 Å². The lowest BCUT2D eigenvalue weighted by Gasteiger charge is -2.19. The van der Waals surface area contributed by atoms with Crippen molar-refractivity contribution in [1.82, 2.24) is 9.97 Å². The summed E-state index contributed by atoms with van der Waals surface area (Å²) in [7, 11) is -3.75. The number of nitrogens with two attached hydrogens (primary N) is 1. The highest BCUT2D eigenvalue weighted by molar-refractivity contribution is 7.99. The topological polar surface area (TPSA) is 115 Å². The van der Waals surface area contributed by atoms with E-state index in [-0.39, 0.29) is 16.4 Å². The number of carbonyl (C=O) groups excluding carboxylic acids is 1. The Morgan fingerprint density at radius 2 is 1.72 bits per heavy atom. The molecule has 7 nitrogen and oxygen atoms in total. The first-order valence-corrected chi connectivity index (χ1v) is 12.9. The number of hydrogen-bond donors (Lipinski definition) is 2. The molecule has 0 radical (unpaired) electrons. The number of Topliss-reactive ketones (excluding diaryl/α,β-unsaturated/α-hetero) is 1. The third kappa shape index (κ3) is 5.47. The van der Waals surface area contributed by atoms with Gasteiger partial charge in [-0.25, -0.2) is 23.5 Å². The number of thioether (sulfide) groups is 1. The molecule has 3 N–H and O–H groups in total. The molecular formula is C22H21ClN4O3S2. The predicted octanol–water partition coefficient (Wildman–Crippen LogP) is 4.37. The van der Waals surface area contributed by atoms with Gasteiger partial charge >= 0.3 is 0 Å². The lowest BCUT2D eigenvalue weighted by Crippen LogP contribution is -2.13. The fraction of sp³-hybridized carbons (Fsp3) is 0.227. The normalized spacial score (nSPS) is 13.4. The van der Waals surface area contributed by atoms with Crippen LogP contribution in [-0.4, -0.2) is 29.9 Å². The number of anilines is 2. The molecule has 0 bridgehead atoms. The predicted molar refractivity (Wildman–Crippen MR) is 126 cm³/mol. The van der Waals surface area contributed by atoms with E-state index in [4.69, 9.17) is 16.7 Å². The largest absolute Gasteiger partial charge is 0.340 e. The maximum Gasteiger partial charge on any atom is 0.238 e. The zero-order chi connectivity index (χ0) is 22.7. The van der Waals surface area contributed by atoms with Crippen LogP contribution in [0.5, 0.6) is 0 Å². The summed E-state index contributed by atoms with van der Waals surface area (Å²) in [6.45, 7) is 0. The van der Waals surface area contributed by atoms with E-state index < -0.39 is 10.0 Å². The zero-order valence-corrected chi connectivity index (χ0v) is 19.4. The van der Waals surface area contributed by atoms with E-state index in [0.717, 1.165) is 36.9 Å². The molecule has 1 heterocycles. The summed E-state index contributed by atoms with van der Waals surface area (Å²) < 4.78 is 23.0. The summed E-state index contributed by atoms with van der Waals surface area (Å²) in [5, 5.41) is 9.56. The molecule has 1 aromatic heterocycles. The highest BCUT2D eigenvalue weighted by Crippen LogP contribution is 2.30. The van der Waals surface area contributed by atoms with Crippen LogP contribution in [0, 0.1) is 0 Å². The Morgan fingerprint density at radius 1 is 1.03 bits per heavy atom. The Kier molecular flexibility index (Phi) is 6.80. The van der Waals surface area contributed by atoms with Crippen LogP contribution in [0.25, 0.3) is 0 Å². The van der Waals surface area contributed by atoms with Crippen molar-refractivity contribution >= 4 is 50.7 Å². The van der Waals surface area contributed by atoms with Crippen molar-refractivity contribution in [3.05, 3.63) is 70.4 Å². The second-order valence-corrected chi connectivity index (χ2v) is 10.3. The summed E-state index contributed by atoms with van der Waals surface area (Å²) in [4.78, 5) is 21.9. The number of primary sulfonamides is 1. The molecule has 1 aliphatic rings. The summed E-state index contributed by atoms with van der Waals surface area (Å²) in [5.74, 6) is 0.865. The van der Waals surface area contributed by atoms with Gasteiger partial charge in [0.15, 0.2) is 10.9 Å². The van der Waals surface area contributed by atoms with Crippen LogP contribution in [0.2, 0.25) is 5.02 Å². The molecule has 4 rings (SSSR count). The number of benzene rings is 2. The van der Waals surface area contributed by atoms with Gasteiger partial charge in [-0.15, -0.1) is 0 Å². The van der Waals surface area contributed by atoms with E-state index in [2.05, 4.69) is 15.3 Å². The van der Waals surface area contributed by atoms with Crippen LogP contribution in [0.1, 0.15) is 34.5 Å². The number of halogens is 1. The first-order valence-electron chi connectivity index (χ1n) is 10.0. The molecule has 32 heavy (non-hydrogen) atoms. The van der Waals surface area contributed by atoms with Crippen LogP contribution < -0.4 is 10.5 Å². The lowest BCUT2D eigenvalue weighted by atomic mass is 9.96. The van der Waals surface area contributed by atoms with Gasteiger partial charge in [0.1, 0.15) is 5.82 Å². The first-order chi connectivity index (χ1) is 15.3. The minimum Gasteiger partial charge on any atom is -0.340 e. The van der Waals surface area contributed by atoms with Gasteiger partial charge in [-0.1, -0.05) is 23.4 Å². The number of sulfonamides is 1. The zero-order valence-electron chi connectivity index (χ0n) is 17.0. The summed E-state index contributed by atoms with van der Waals surface area (Å²) in [6, 6.07) is 13.0. The highest BCUT2D eigenvalue weighted by Gasteiger charge is 2.19. The van der Waals surface area contributed by atoms with Gasteiger partial charge in [0.2, 0.25) is 10.0 Å². The fourth-order valence-electron chi connectivity index (χ4n) is 3.45. The maximum atomic E-state index is 12.5. The van der Waals surface area contributed by atoms with Crippen molar-refractivity contribution in [3.8, 4) is 0 Å². The number of rotatable bonds is 7. The Balaban J connectivity index is 1.55. The lowest BCUT2D eigenvalue weighted by molar-refractivity contribution is 0.102. The van der Waals surface area contributed by atoms with Crippen molar-refractivity contribution in [2.24, 2.45) is 5.14 Å². The van der Waals surface area contributed by atoms with Crippen molar-refractivity contribution < 1.29 is 13.2 Å². The molecule has 10 heteroatoms. The SMILES string of the molecule is NS(=O)(=O)c1ccc(Nc2nc(SCC(=O)c3ccc(Cl)cc3)nc3c2CCCC3)cc1. The molecular weight excluding hydrogens is 468 g/mol. The van der Waals surface area contributed by atoms with Crippen LogP contribution in [0.15, 0.2) is 58.6 Å². The van der Waals surface area contributed by atoms with Crippen molar-refractivity contribution in [2.75, 3.05) is 11.1 Å². The van der Waals surface area contributed by atoms with E-state index in [1.807, 2.05) is 0 Å². The fourth-order valence-corrected chi connectivity index (χ4v) is 4.85. The van der Waals surface area contributed by atoms with Crippen molar-refractivity contribution in [3.63, 3.8) is 0 Å². The van der Waals surface area contributed by atoms with E-state index in [9.17, 15) is 13.2 Å². The molecule has 0 fully saturated rings. The molecule has 166 valence electrons. The second-order valence-electron chi connectivity index (χ2n) is 7.40. The molecule has 0 spiro atoms. The summed E-state index contributed by atoms with van der Waals surface area (Å²) >= 11 is 7.18. The van der Waals surface area contributed by atoms with Gasteiger partial charge in [-0.3, -0.25) is 4.79 Å². The molecule has 2 aromatic carbocycles. The molecule has 0 unspecified atom stereocenters. The Bertz CT molecular complexity index is 1250. The molecule has 3 aromatic rings. The van der Waals surface area contributed by atoms with Gasteiger partial charge in [-0.05, 0) is 74.2 Å². The van der Waals surface area contributed by atoms with E-state index in [1.165, 1.54) is 23.9 Å². The number of carbonyl (C=O) groups is 1. The number of hydrogen-bond acceptors (Lipinski definition) is 7. The van der Waals surface area contributed by atoms with Gasteiger partial charge in [0.05, 0.1) is 16.3 Å². The maximum absolute atomic E-state index is 12.5. The first kappa shape index (κ1) is 22.7. The average molecular weight is 489 g/mol. The minimum atomic E-state index is -3.75. The van der Waals surface area contributed by atoms with Crippen LogP contribution in [0.4, 0.5) is 11.5 Å². The molecule has 0 atom stereocenters. The molecule has 0 aliphatic heterocycles. The number of ketones is 1. The van der Waals surface area contributed by atoms with E-state index in [0.29, 0.717) is 27.2 Å². The van der Waals surface area contributed by atoms with Gasteiger partial charge in [0, 0.05) is 21.8 Å². The molecule has 0 saturated heterocycles. The number of nitrogens with one attached hydrogen (secondary N) is 1. The van der Waals surface area contributed by atoms with Crippen molar-refractivity contribution in [2.45, 2.75) is 35.7 Å². The Labute approximate surface area is 195 Å². The van der Waals surface area contributed by atoms with Crippen LogP contribution in [-0.2, 0) is 22.9 Å². The third-order valence-electron chi connectivity index (χ3n) is 5.11. The van der Waals surface area contributed by atoms with Gasteiger partial charge in [-0.2, -0.15) is 0 Å². The molecule has 0 amide bonds. The molecule has 0 saturated carbocycles. The Hall–Kier alpha value is -2.46. The average Bonchev–Trinajstić information content (AvgIpc) is 2.78. The van der Waals surface area contributed by atoms with E-state index in [1.54, 1.807) is 36.4 Å². The number of aromatic nitrogens is 2. The smallest absolute Gasteiger partial charge is 0.238 e. The van der Waals surface area contributed by atoms with Crippen LogP contribution >= 0.6 is 23.4 Å². The minimum absolute atomic E-state index is 0.0268. The number of aryl methyl sites for hydroxylation is 1. The van der Waals surface area contributed by atoms with Gasteiger partial charge in [0.25, 0.3) is 0 Å². The Morgan fingerprint density at radius 3 is 2.41 bits per heavy atom. The monoisotopic (exact) mass is 488 g/mol. The quantitative estimate of drug-likeness (QED) is 0.288. The van der Waals surface area contributed by atoms with E-state index >= 15 is 0 Å². The summed E-state index contributed by atoms with van der Waals surface area (Å²) in [5.41, 5.74) is 3.32.